The molecule has 0 rings (SSSR count). The molecule has 1 atom stereocenters. The van der Waals surface area contributed by atoms with Crippen LogP contribution in [0.5, 0.6) is 0 Å². The molecule has 0 amide bonds. The largest absolute Gasteiger partial charge is 0.299 e. The first-order valence-electron chi connectivity index (χ1n) is 5.55. The number of unbranched alkanes of at least 4 members (excludes halogenated alkanes) is 2. The van der Waals surface area contributed by atoms with Crippen LogP contribution in [0, 0.1) is 5.41 Å². The first kappa shape index (κ1) is 13.6. The summed E-state index contributed by atoms with van der Waals surface area (Å²) in [5, 5.41) is 0. The molecule has 0 aliphatic rings. The Hall–Kier alpha value is -0.400. The zero-order valence-electron chi connectivity index (χ0n) is 9.90. The van der Waals surface area contributed by atoms with Crippen LogP contribution >= 0.6 is 0 Å². The third-order valence-electron chi connectivity index (χ3n) is 2.36. The SMILES string of the molecule is CCCCCC(F)CC(=O)C(C)(C)C. The maximum Gasteiger partial charge on any atom is 0.141 e. The van der Waals surface area contributed by atoms with E-state index >= 15 is 0 Å². The fourth-order valence-electron chi connectivity index (χ4n) is 1.23. The second kappa shape index (κ2) is 6.15. The van der Waals surface area contributed by atoms with Crippen molar-refractivity contribution in [3.8, 4) is 0 Å². The van der Waals surface area contributed by atoms with Crippen LogP contribution in [0.25, 0.3) is 0 Å². The van der Waals surface area contributed by atoms with E-state index in [1.54, 1.807) is 0 Å². The van der Waals surface area contributed by atoms with E-state index in [0.717, 1.165) is 19.3 Å². The van der Waals surface area contributed by atoms with Gasteiger partial charge in [-0.1, -0.05) is 47.0 Å². The summed E-state index contributed by atoms with van der Waals surface area (Å²) in [5.41, 5.74) is -0.394. The van der Waals surface area contributed by atoms with Gasteiger partial charge in [-0.15, -0.1) is 0 Å². The Labute approximate surface area is 87.1 Å². The Morgan fingerprint density at radius 2 is 1.86 bits per heavy atom. The van der Waals surface area contributed by atoms with Gasteiger partial charge >= 0.3 is 0 Å². The van der Waals surface area contributed by atoms with Crippen LogP contribution in [-0.2, 0) is 4.79 Å². The number of carbonyl (C=O) groups is 1. The van der Waals surface area contributed by atoms with E-state index in [0.29, 0.717) is 6.42 Å². The van der Waals surface area contributed by atoms with Gasteiger partial charge in [-0.05, 0) is 6.42 Å². The number of rotatable bonds is 6. The maximum atomic E-state index is 13.3. The van der Waals surface area contributed by atoms with Crippen molar-refractivity contribution in [1.29, 1.82) is 0 Å². The van der Waals surface area contributed by atoms with E-state index in [1.807, 2.05) is 20.8 Å². The van der Waals surface area contributed by atoms with E-state index in [4.69, 9.17) is 0 Å². The topological polar surface area (TPSA) is 17.1 Å². The van der Waals surface area contributed by atoms with Gasteiger partial charge in [0, 0.05) is 11.8 Å². The zero-order valence-corrected chi connectivity index (χ0v) is 9.90. The predicted molar refractivity (Wildman–Crippen MR) is 58.1 cm³/mol. The molecular formula is C12H23FO. The lowest BCUT2D eigenvalue weighted by molar-refractivity contribution is -0.127. The minimum absolute atomic E-state index is 0.0292. The first-order chi connectivity index (χ1) is 6.38. The minimum Gasteiger partial charge on any atom is -0.299 e. The van der Waals surface area contributed by atoms with Crippen molar-refractivity contribution in [3.05, 3.63) is 0 Å². The third-order valence-corrected chi connectivity index (χ3v) is 2.36. The minimum atomic E-state index is -0.937. The third kappa shape index (κ3) is 6.11. The fourth-order valence-corrected chi connectivity index (χ4v) is 1.23. The lowest BCUT2D eigenvalue weighted by Gasteiger charge is -2.17. The van der Waals surface area contributed by atoms with E-state index in [-0.39, 0.29) is 12.2 Å². The van der Waals surface area contributed by atoms with Crippen LogP contribution in [0.2, 0.25) is 0 Å². The number of carbonyl (C=O) groups excluding carboxylic acids is 1. The normalized spacial score (nSPS) is 14.1. The van der Waals surface area contributed by atoms with Crippen molar-refractivity contribution in [2.75, 3.05) is 0 Å². The summed E-state index contributed by atoms with van der Waals surface area (Å²) >= 11 is 0. The highest BCUT2D eigenvalue weighted by Gasteiger charge is 2.24. The molecule has 2 heteroatoms. The van der Waals surface area contributed by atoms with Crippen LogP contribution in [0.3, 0.4) is 0 Å². The van der Waals surface area contributed by atoms with Gasteiger partial charge < -0.3 is 0 Å². The Morgan fingerprint density at radius 1 is 1.29 bits per heavy atom. The molecule has 0 saturated heterocycles. The highest BCUT2D eigenvalue weighted by Crippen LogP contribution is 2.20. The number of halogens is 1. The number of Topliss-reactive ketones (excluding diaryl/α,β-unsaturated/α-hetero) is 1. The summed E-state index contributed by atoms with van der Waals surface area (Å²) in [6.07, 6.45) is 2.75. The molecule has 0 aliphatic carbocycles. The average molecular weight is 202 g/mol. The smallest absolute Gasteiger partial charge is 0.141 e. The van der Waals surface area contributed by atoms with E-state index < -0.39 is 11.6 Å². The standard InChI is InChI=1S/C12H23FO/c1-5-6-7-8-10(13)9-11(14)12(2,3)4/h10H,5-9H2,1-4H3. The van der Waals surface area contributed by atoms with Gasteiger partial charge in [0.25, 0.3) is 0 Å². The second-order valence-electron chi connectivity index (χ2n) is 4.97. The predicted octanol–water partition coefficient (Wildman–Crippen LogP) is 3.91. The van der Waals surface area contributed by atoms with Crippen LogP contribution < -0.4 is 0 Å². The van der Waals surface area contributed by atoms with Crippen molar-refractivity contribution in [1.82, 2.24) is 0 Å². The van der Waals surface area contributed by atoms with E-state index in [9.17, 15) is 9.18 Å². The molecule has 84 valence electrons. The molecule has 0 saturated carbocycles. The van der Waals surface area contributed by atoms with Crippen molar-refractivity contribution in [3.63, 3.8) is 0 Å². The molecule has 0 aromatic carbocycles. The number of ketones is 1. The Bertz CT molecular complexity index is 170. The highest BCUT2D eigenvalue weighted by atomic mass is 19.1. The van der Waals surface area contributed by atoms with Gasteiger partial charge in [0.15, 0.2) is 0 Å². The summed E-state index contributed by atoms with van der Waals surface area (Å²) in [6, 6.07) is 0. The summed E-state index contributed by atoms with van der Waals surface area (Å²) in [5.74, 6) is 0.0292. The van der Waals surface area contributed by atoms with Gasteiger partial charge in [0.2, 0.25) is 0 Å². The van der Waals surface area contributed by atoms with Crippen molar-refractivity contribution < 1.29 is 9.18 Å². The summed E-state index contributed by atoms with van der Waals surface area (Å²) < 4.78 is 13.3. The molecule has 0 heterocycles. The van der Waals surface area contributed by atoms with Gasteiger partial charge in [-0.25, -0.2) is 4.39 Å². The quantitative estimate of drug-likeness (QED) is 0.597. The lowest BCUT2D eigenvalue weighted by Crippen LogP contribution is -2.23. The average Bonchev–Trinajstić information content (AvgIpc) is 2.03. The van der Waals surface area contributed by atoms with Crippen molar-refractivity contribution in [2.24, 2.45) is 5.41 Å². The van der Waals surface area contributed by atoms with E-state index in [2.05, 4.69) is 6.92 Å². The molecule has 0 fully saturated rings. The van der Waals surface area contributed by atoms with Gasteiger partial charge in [-0.3, -0.25) is 4.79 Å². The Balaban J connectivity index is 3.72. The molecule has 1 unspecified atom stereocenters. The van der Waals surface area contributed by atoms with Crippen LogP contribution in [-0.4, -0.2) is 12.0 Å². The van der Waals surface area contributed by atoms with Gasteiger partial charge in [-0.2, -0.15) is 0 Å². The molecule has 0 N–H and O–H groups in total. The number of hydrogen-bond donors (Lipinski definition) is 0. The molecule has 0 aromatic rings. The molecule has 0 aliphatic heterocycles. The molecule has 0 radical (unpaired) electrons. The molecule has 1 nitrogen and oxygen atoms in total. The lowest BCUT2D eigenvalue weighted by atomic mass is 9.87. The number of alkyl halides is 1. The maximum absolute atomic E-state index is 13.3. The van der Waals surface area contributed by atoms with Crippen LogP contribution in [0.15, 0.2) is 0 Å². The van der Waals surface area contributed by atoms with Gasteiger partial charge in [0.1, 0.15) is 12.0 Å². The second-order valence-corrected chi connectivity index (χ2v) is 4.97. The Morgan fingerprint density at radius 3 is 2.29 bits per heavy atom. The fraction of sp³-hybridized carbons (Fsp3) is 0.917. The van der Waals surface area contributed by atoms with E-state index in [1.165, 1.54) is 0 Å². The zero-order chi connectivity index (χ0) is 11.2. The van der Waals surface area contributed by atoms with Crippen LogP contribution in [0.4, 0.5) is 4.39 Å². The first-order valence-corrected chi connectivity index (χ1v) is 5.55. The molecular weight excluding hydrogens is 179 g/mol. The Kier molecular flexibility index (Phi) is 5.98. The molecule has 0 spiro atoms. The summed E-state index contributed by atoms with van der Waals surface area (Å²) in [6.45, 7) is 7.61. The molecule has 0 bridgehead atoms. The summed E-state index contributed by atoms with van der Waals surface area (Å²) in [4.78, 5) is 11.5. The van der Waals surface area contributed by atoms with Gasteiger partial charge in [0.05, 0.1) is 0 Å². The molecule has 14 heavy (non-hydrogen) atoms. The van der Waals surface area contributed by atoms with Crippen molar-refractivity contribution in [2.45, 2.75) is 66.0 Å². The number of hydrogen-bond acceptors (Lipinski definition) is 1. The van der Waals surface area contributed by atoms with Crippen molar-refractivity contribution >= 4 is 5.78 Å². The summed E-state index contributed by atoms with van der Waals surface area (Å²) in [7, 11) is 0. The molecule has 0 aromatic heterocycles. The highest BCUT2D eigenvalue weighted by molar-refractivity contribution is 5.83. The van der Waals surface area contributed by atoms with Crippen LogP contribution in [0.1, 0.15) is 59.8 Å². The monoisotopic (exact) mass is 202 g/mol.